The van der Waals surface area contributed by atoms with Gasteiger partial charge in [-0.15, -0.1) is 0 Å². The van der Waals surface area contributed by atoms with Gasteiger partial charge < -0.3 is 9.34 Å². The van der Waals surface area contributed by atoms with Gasteiger partial charge in [0.25, 0.3) is 7.44 Å². The van der Waals surface area contributed by atoms with Crippen LogP contribution in [0, 0.1) is 6.92 Å². The molecule has 5 rings (SSSR count). The first-order chi connectivity index (χ1) is 16.1. The van der Waals surface area contributed by atoms with Gasteiger partial charge in [-0.05, 0) is 74.3 Å². The van der Waals surface area contributed by atoms with Crippen molar-refractivity contribution in [2.75, 3.05) is 35.5 Å². The van der Waals surface area contributed by atoms with E-state index in [2.05, 4.69) is 57.6 Å². The fourth-order valence-electron chi connectivity index (χ4n) is 5.25. The minimum absolute atomic E-state index is 0.297. The molecule has 3 aromatic rings. The van der Waals surface area contributed by atoms with Gasteiger partial charge in [0.1, 0.15) is 5.78 Å². The van der Waals surface area contributed by atoms with Crippen LogP contribution in [0.3, 0.4) is 0 Å². The van der Waals surface area contributed by atoms with Crippen LogP contribution in [0.1, 0.15) is 36.2 Å². The zero-order chi connectivity index (χ0) is 22.8. The molecule has 1 unspecified atom stereocenters. The lowest BCUT2D eigenvalue weighted by Gasteiger charge is -2.44. The molecule has 0 amide bonds. The molecule has 0 aromatic heterocycles. The molecule has 172 valence electrons. The third kappa shape index (κ3) is 4.21. The fraction of sp³-hybridized carbons (Fsp3) is 0.333. The zero-order valence-electron chi connectivity index (χ0n) is 19.1. The van der Waals surface area contributed by atoms with Crippen molar-refractivity contribution >= 4 is 30.4 Å². The highest BCUT2D eigenvalue weighted by Gasteiger charge is 2.52. The highest BCUT2D eigenvalue weighted by molar-refractivity contribution is 7.67. The number of likely N-dealkylation sites (tertiary alicyclic amines) is 1. The molecule has 0 radical (unpaired) electrons. The van der Waals surface area contributed by atoms with Gasteiger partial charge in [-0.3, -0.25) is 9.46 Å². The van der Waals surface area contributed by atoms with Crippen LogP contribution in [0.5, 0.6) is 0 Å². The van der Waals surface area contributed by atoms with Gasteiger partial charge in [0, 0.05) is 29.5 Å². The highest BCUT2D eigenvalue weighted by atomic mass is 35.5. The predicted molar refractivity (Wildman–Crippen MR) is 140 cm³/mol. The summed E-state index contributed by atoms with van der Waals surface area (Å²) in [6, 6.07) is 26.6. The minimum Gasteiger partial charge on any atom is -0.304 e. The van der Waals surface area contributed by atoms with Crippen molar-refractivity contribution in [1.82, 2.24) is 4.90 Å². The molecule has 2 heterocycles. The second-order valence-corrected chi connectivity index (χ2v) is 12.0. The fourth-order valence-corrected chi connectivity index (χ4v) is 9.38. The third-order valence-electron chi connectivity index (χ3n) is 6.81. The number of nitrogens with zero attached hydrogens (tertiary/aromatic N) is 3. The summed E-state index contributed by atoms with van der Waals surface area (Å²) in [5, 5.41) is 0.703. The molecular formula is C27H31ClN3OP. The number of hydrogen-bond acceptors (Lipinski definition) is 2. The Morgan fingerprint density at radius 1 is 0.758 bits per heavy atom. The number of anilines is 2. The minimum atomic E-state index is -3.17. The lowest BCUT2D eigenvalue weighted by atomic mass is 10.1. The van der Waals surface area contributed by atoms with E-state index in [-0.39, 0.29) is 5.78 Å². The molecule has 3 aromatic carbocycles. The van der Waals surface area contributed by atoms with E-state index >= 15 is 4.57 Å². The Morgan fingerprint density at radius 3 is 1.82 bits per heavy atom. The Kier molecular flexibility index (Phi) is 6.51. The number of piperidine rings is 1. The first-order valence-corrected chi connectivity index (χ1v) is 13.9. The average Bonchev–Trinajstić information content (AvgIpc) is 3.20. The lowest BCUT2D eigenvalue weighted by Crippen LogP contribution is -2.38. The van der Waals surface area contributed by atoms with Gasteiger partial charge in [-0.25, -0.2) is 0 Å². The summed E-state index contributed by atoms with van der Waals surface area (Å²) in [5.41, 5.74) is 4.09. The predicted octanol–water partition coefficient (Wildman–Crippen LogP) is 7.35. The summed E-state index contributed by atoms with van der Waals surface area (Å²) in [6.45, 7) is 5.35. The van der Waals surface area contributed by atoms with E-state index in [1.165, 1.54) is 6.42 Å². The highest BCUT2D eigenvalue weighted by Crippen LogP contribution is 2.70. The molecule has 0 saturated carbocycles. The van der Waals surface area contributed by atoms with E-state index in [1.807, 2.05) is 42.5 Å². The second kappa shape index (κ2) is 9.54. The first kappa shape index (κ1) is 22.5. The molecule has 2 fully saturated rings. The summed E-state index contributed by atoms with van der Waals surface area (Å²) < 4.78 is 20.0. The van der Waals surface area contributed by atoms with Gasteiger partial charge in [0.2, 0.25) is 0 Å². The van der Waals surface area contributed by atoms with Crippen LogP contribution < -0.4 is 9.34 Å². The van der Waals surface area contributed by atoms with Crippen molar-refractivity contribution in [2.24, 2.45) is 0 Å². The van der Waals surface area contributed by atoms with Crippen LogP contribution in [0.2, 0.25) is 5.02 Å². The van der Waals surface area contributed by atoms with E-state index in [4.69, 9.17) is 11.6 Å². The van der Waals surface area contributed by atoms with Crippen LogP contribution >= 0.6 is 19.0 Å². The largest absolute Gasteiger partial charge is 0.304 e. The molecule has 2 saturated heterocycles. The van der Waals surface area contributed by atoms with Crippen molar-refractivity contribution in [2.45, 2.75) is 32.0 Å². The van der Waals surface area contributed by atoms with E-state index in [0.29, 0.717) is 18.1 Å². The van der Waals surface area contributed by atoms with Crippen LogP contribution in [-0.2, 0) is 4.57 Å². The van der Waals surface area contributed by atoms with Crippen LogP contribution in [0.4, 0.5) is 11.4 Å². The second-order valence-electron chi connectivity index (χ2n) is 9.00. The molecule has 0 spiro atoms. The summed E-state index contributed by atoms with van der Waals surface area (Å²) in [7, 11) is -3.17. The van der Waals surface area contributed by atoms with Crippen molar-refractivity contribution in [1.29, 1.82) is 0 Å². The molecule has 2 aliphatic heterocycles. The molecule has 0 bridgehead atoms. The standard InChI is InChI=1S/C27H31ClN3OP/c1-22-15-16-25(26(28)21-22)27(29-17-9-4-10-18-29)33(32)30(23-11-5-2-6-12-23)19-20-31(33)24-13-7-3-8-14-24/h2-3,5-8,11-16,21,27H,4,9-10,17-20H2,1H3. The Labute approximate surface area is 202 Å². The maximum atomic E-state index is 15.7. The summed E-state index contributed by atoms with van der Waals surface area (Å²) in [5.74, 6) is -0.297. The number of rotatable bonds is 5. The van der Waals surface area contributed by atoms with E-state index in [1.54, 1.807) is 0 Å². The molecule has 4 nitrogen and oxygen atoms in total. The van der Waals surface area contributed by atoms with Crippen molar-refractivity contribution in [3.05, 3.63) is 95.0 Å². The maximum absolute atomic E-state index is 15.7. The molecule has 33 heavy (non-hydrogen) atoms. The van der Waals surface area contributed by atoms with Crippen molar-refractivity contribution < 1.29 is 4.57 Å². The van der Waals surface area contributed by atoms with E-state index in [0.717, 1.165) is 48.4 Å². The van der Waals surface area contributed by atoms with Gasteiger partial charge in [0.15, 0.2) is 0 Å². The van der Waals surface area contributed by atoms with Gasteiger partial charge in [0.05, 0.1) is 0 Å². The third-order valence-corrected chi connectivity index (χ3v) is 10.6. The Bertz CT molecular complexity index is 1080. The number of hydrogen-bond donors (Lipinski definition) is 0. The SMILES string of the molecule is Cc1ccc(C(N2CCCCC2)P2(=O)N(c3ccccc3)CCN2c2ccccc2)c(Cl)c1. The maximum Gasteiger partial charge on any atom is 0.284 e. The monoisotopic (exact) mass is 479 g/mol. The summed E-state index contributed by atoms with van der Waals surface area (Å²) in [4.78, 5) is 2.43. The van der Waals surface area contributed by atoms with Gasteiger partial charge >= 0.3 is 0 Å². The number of halogens is 1. The number of benzene rings is 3. The topological polar surface area (TPSA) is 26.8 Å². The van der Waals surface area contributed by atoms with E-state index < -0.39 is 7.44 Å². The smallest absolute Gasteiger partial charge is 0.284 e. The van der Waals surface area contributed by atoms with Gasteiger partial charge in [-0.1, -0.05) is 66.6 Å². The summed E-state index contributed by atoms with van der Waals surface area (Å²) >= 11 is 6.89. The van der Waals surface area contributed by atoms with E-state index in [9.17, 15) is 0 Å². The van der Waals surface area contributed by atoms with Crippen molar-refractivity contribution in [3.8, 4) is 0 Å². The summed E-state index contributed by atoms with van der Waals surface area (Å²) in [6.07, 6.45) is 3.47. The van der Waals surface area contributed by atoms with Crippen LogP contribution in [0.25, 0.3) is 0 Å². The molecule has 0 aliphatic carbocycles. The molecule has 0 N–H and O–H groups in total. The normalized spacial score (nSPS) is 19.6. The number of aryl methyl sites for hydroxylation is 1. The molecule has 6 heteroatoms. The molecule has 2 aliphatic rings. The Balaban J connectivity index is 1.71. The van der Waals surface area contributed by atoms with Crippen molar-refractivity contribution in [3.63, 3.8) is 0 Å². The zero-order valence-corrected chi connectivity index (χ0v) is 20.8. The Hall–Kier alpha value is -2.26. The van der Waals surface area contributed by atoms with Gasteiger partial charge in [-0.2, -0.15) is 0 Å². The lowest BCUT2D eigenvalue weighted by molar-refractivity contribution is 0.206. The average molecular weight is 480 g/mol. The first-order valence-electron chi connectivity index (χ1n) is 11.8. The van der Waals surface area contributed by atoms with Crippen LogP contribution in [-0.4, -0.2) is 31.1 Å². The molecule has 1 atom stereocenters. The van der Waals surface area contributed by atoms with Crippen LogP contribution in [0.15, 0.2) is 78.9 Å². The Morgan fingerprint density at radius 2 is 1.30 bits per heavy atom. The molecular weight excluding hydrogens is 449 g/mol. The number of para-hydroxylation sites is 2. The quantitative estimate of drug-likeness (QED) is 0.357.